The summed E-state index contributed by atoms with van der Waals surface area (Å²) in [6.45, 7) is 5.86. The van der Waals surface area contributed by atoms with Crippen LogP contribution in [-0.4, -0.2) is 41.0 Å². The molecule has 4 aliphatic carbocycles. The van der Waals surface area contributed by atoms with Crippen molar-refractivity contribution in [1.82, 2.24) is 15.2 Å². The molecule has 4 aromatic rings. The minimum absolute atomic E-state index is 0.0774. The summed E-state index contributed by atoms with van der Waals surface area (Å²) in [4.78, 5) is 53.9. The number of fused-ring (bicyclic) bond motifs is 1. The predicted octanol–water partition coefficient (Wildman–Crippen LogP) is 6.86. The minimum atomic E-state index is -0.635. The van der Waals surface area contributed by atoms with Gasteiger partial charge in [-0.1, -0.05) is 62.7 Å². The molecule has 2 N–H and O–H groups in total. The lowest BCUT2D eigenvalue weighted by molar-refractivity contribution is -0.135. The number of nitrogens with one attached hydrogen (secondary N) is 2. The summed E-state index contributed by atoms with van der Waals surface area (Å²) >= 11 is 6.36. The van der Waals surface area contributed by atoms with Crippen LogP contribution >= 0.6 is 11.6 Å². The topological polar surface area (TPSA) is 106 Å². The average Bonchev–Trinajstić information content (AvgIpc) is 3.06. The first-order valence-corrected chi connectivity index (χ1v) is 17.5. The fraction of sp³-hybridized carbons (Fsp3) is 0.400. The highest BCUT2D eigenvalue weighted by Crippen LogP contribution is 2.56. The van der Waals surface area contributed by atoms with Gasteiger partial charge in [0, 0.05) is 50.6 Å². The molecule has 0 spiro atoms. The molecule has 1 aromatic heterocycles. The summed E-state index contributed by atoms with van der Waals surface area (Å²) in [5.74, 6) is 0.590. The Bertz CT molecular complexity index is 2000. The Morgan fingerprint density at radius 2 is 1.61 bits per heavy atom. The van der Waals surface area contributed by atoms with Gasteiger partial charge in [-0.15, -0.1) is 0 Å². The highest BCUT2D eigenvalue weighted by molar-refractivity contribution is 6.31. The number of nitrogens with zero attached hydrogens (tertiary/aromatic N) is 1. The van der Waals surface area contributed by atoms with E-state index in [0.717, 1.165) is 37.7 Å². The number of carbonyl (C=O) groups is 3. The van der Waals surface area contributed by atoms with Crippen molar-refractivity contribution in [1.29, 1.82) is 0 Å². The van der Waals surface area contributed by atoms with Gasteiger partial charge in [0.25, 0.3) is 5.91 Å². The van der Waals surface area contributed by atoms with E-state index in [2.05, 4.69) is 10.6 Å². The van der Waals surface area contributed by atoms with Gasteiger partial charge in [-0.05, 0) is 97.9 Å². The third kappa shape index (κ3) is 6.16. The molecule has 0 radical (unpaired) electrons. The molecule has 0 saturated heterocycles. The van der Waals surface area contributed by atoms with Crippen LogP contribution in [0.3, 0.4) is 0 Å². The number of hydrogen-bond donors (Lipinski definition) is 2. The van der Waals surface area contributed by atoms with Crippen LogP contribution in [0, 0.1) is 23.2 Å². The zero-order chi connectivity index (χ0) is 34.7. The third-order valence-corrected chi connectivity index (χ3v) is 11.1. The number of methoxy groups -OCH3 is 1. The molecule has 4 saturated carbocycles. The number of ether oxygens (including phenoxy) is 1. The molecule has 49 heavy (non-hydrogen) atoms. The first-order valence-electron chi connectivity index (χ1n) is 17.1. The molecule has 2 atom stereocenters. The van der Waals surface area contributed by atoms with Crippen molar-refractivity contribution in [2.24, 2.45) is 23.2 Å². The van der Waals surface area contributed by atoms with Gasteiger partial charge in [0.2, 0.25) is 5.91 Å². The number of benzene rings is 3. The minimum Gasteiger partial charge on any atom is -0.464 e. The monoisotopic (exact) mass is 679 g/mol. The van der Waals surface area contributed by atoms with Crippen LogP contribution < -0.4 is 16.1 Å². The van der Waals surface area contributed by atoms with Crippen LogP contribution in [-0.2, 0) is 16.0 Å². The maximum atomic E-state index is 14.0. The van der Waals surface area contributed by atoms with Crippen LogP contribution in [0.4, 0.5) is 0 Å². The van der Waals surface area contributed by atoms with E-state index in [-0.39, 0.29) is 40.9 Å². The van der Waals surface area contributed by atoms with Crippen molar-refractivity contribution in [3.8, 4) is 5.69 Å². The maximum Gasteiger partial charge on any atom is 0.355 e. The Morgan fingerprint density at radius 1 is 0.939 bits per heavy atom. The quantitative estimate of drug-likeness (QED) is 0.208. The molecular weight excluding hydrogens is 638 g/mol. The number of pyridine rings is 1. The molecule has 1 heterocycles. The molecular formula is C40H42ClN3O5. The van der Waals surface area contributed by atoms with E-state index < -0.39 is 11.4 Å². The summed E-state index contributed by atoms with van der Waals surface area (Å²) in [7, 11) is 1.30. The average molecular weight is 680 g/mol. The van der Waals surface area contributed by atoms with Crippen LogP contribution in [0.1, 0.15) is 84.8 Å². The molecule has 4 aliphatic rings. The van der Waals surface area contributed by atoms with Gasteiger partial charge in [0.1, 0.15) is 5.69 Å². The van der Waals surface area contributed by atoms with E-state index in [1.54, 1.807) is 34.9 Å². The second-order valence-corrected chi connectivity index (χ2v) is 15.7. The largest absolute Gasteiger partial charge is 0.464 e. The number of amides is 2. The summed E-state index contributed by atoms with van der Waals surface area (Å²) < 4.78 is 6.94. The number of esters is 1. The molecule has 8 nitrogen and oxygen atoms in total. The third-order valence-electron chi connectivity index (χ3n) is 10.8. The van der Waals surface area contributed by atoms with E-state index >= 15 is 0 Å². The van der Waals surface area contributed by atoms with E-state index in [1.165, 1.54) is 7.11 Å². The number of hydrogen-bond acceptors (Lipinski definition) is 5. The van der Waals surface area contributed by atoms with E-state index in [4.69, 9.17) is 16.3 Å². The number of aromatic nitrogens is 1. The second kappa shape index (κ2) is 12.5. The highest BCUT2D eigenvalue weighted by Gasteiger charge is 2.56. The molecule has 0 aliphatic heterocycles. The summed E-state index contributed by atoms with van der Waals surface area (Å²) in [6.07, 6.45) is 5.14. The molecule has 4 fully saturated rings. The fourth-order valence-corrected chi connectivity index (χ4v) is 8.95. The molecule has 254 valence electrons. The Kier molecular flexibility index (Phi) is 8.42. The van der Waals surface area contributed by atoms with Crippen LogP contribution in [0.15, 0.2) is 77.6 Å². The first-order chi connectivity index (χ1) is 23.4. The second-order valence-electron chi connectivity index (χ2n) is 15.3. The zero-order valence-electron chi connectivity index (χ0n) is 28.3. The lowest BCUT2D eigenvalue weighted by Crippen LogP contribution is -2.67. The Morgan fingerprint density at radius 3 is 2.24 bits per heavy atom. The maximum absolute atomic E-state index is 14.0. The zero-order valence-corrected chi connectivity index (χ0v) is 29.1. The van der Waals surface area contributed by atoms with Crippen LogP contribution in [0.2, 0.25) is 5.02 Å². The SMILES string of the molecule is COC(=O)c1c(Cc2ccc(C(=O)NC3C4CC5CC3CC(NC(=O)C(C)(C)C)(C5)C4)cc2)c(=O)c2ccc(Cl)cc2n1-c1ccccc1. The van der Waals surface area contributed by atoms with Gasteiger partial charge in [-0.2, -0.15) is 0 Å². The van der Waals surface area contributed by atoms with Crippen LogP contribution in [0.25, 0.3) is 16.6 Å². The Labute approximate surface area is 291 Å². The van der Waals surface area contributed by atoms with Crippen molar-refractivity contribution in [3.63, 3.8) is 0 Å². The normalized spacial score (nSPS) is 24.1. The predicted molar refractivity (Wildman–Crippen MR) is 190 cm³/mol. The van der Waals surface area contributed by atoms with Crippen molar-refractivity contribution in [2.75, 3.05) is 7.11 Å². The smallest absolute Gasteiger partial charge is 0.355 e. The summed E-state index contributed by atoms with van der Waals surface area (Å²) in [5, 5.41) is 7.66. The highest BCUT2D eigenvalue weighted by atomic mass is 35.5. The van der Waals surface area contributed by atoms with Gasteiger partial charge in [0.15, 0.2) is 5.43 Å². The number of para-hydroxylation sites is 1. The first kappa shape index (κ1) is 33.1. The standard InChI is InChI=1S/C40H42ClN3O5/c1-39(2,3)38(48)43-40-20-24-16-26(21-40)33(27(17-24)22-40)42-36(46)25-12-10-23(11-13-25)18-31-34(37(47)49-4)44(29-8-6-5-7-9-29)32-19-28(41)14-15-30(32)35(31)45/h5-15,19,24,26-27,33H,16-18,20-22H2,1-4H3,(H,42,46)(H,43,48). The summed E-state index contributed by atoms with van der Waals surface area (Å²) in [5.41, 5.74) is 2.06. The van der Waals surface area contributed by atoms with Gasteiger partial charge in [-0.3, -0.25) is 14.4 Å². The molecule has 3 aromatic carbocycles. The van der Waals surface area contributed by atoms with E-state index in [1.807, 2.05) is 63.2 Å². The van der Waals surface area contributed by atoms with E-state index in [9.17, 15) is 19.2 Å². The van der Waals surface area contributed by atoms with Crippen molar-refractivity contribution < 1.29 is 19.1 Å². The lowest BCUT2D eigenvalue weighted by atomic mass is 9.51. The van der Waals surface area contributed by atoms with Crippen molar-refractivity contribution in [3.05, 3.63) is 110 Å². The fourth-order valence-electron chi connectivity index (χ4n) is 8.78. The van der Waals surface area contributed by atoms with Crippen molar-refractivity contribution >= 4 is 40.3 Å². The van der Waals surface area contributed by atoms with Gasteiger partial charge >= 0.3 is 5.97 Å². The molecule has 4 bridgehead atoms. The number of carbonyl (C=O) groups excluding carboxylic acids is 3. The summed E-state index contributed by atoms with van der Waals surface area (Å²) in [6, 6.07) is 21.7. The molecule has 9 heteroatoms. The van der Waals surface area contributed by atoms with Gasteiger partial charge in [-0.25, -0.2) is 4.79 Å². The molecule has 8 rings (SSSR count). The van der Waals surface area contributed by atoms with Gasteiger partial charge in [0.05, 0.1) is 12.6 Å². The van der Waals surface area contributed by atoms with E-state index in [0.29, 0.717) is 50.5 Å². The molecule has 2 amide bonds. The molecule has 2 unspecified atom stereocenters. The lowest BCUT2D eigenvalue weighted by Gasteiger charge is -2.60. The Hall–Kier alpha value is -4.43. The van der Waals surface area contributed by atoms with Gasteiger partial charge < -0.3 is 19.9 Å². The van der Waals surface area contributed by atoms with Crippen molar-refractivity contribution in [2.45, 2.75) is 70.9 Å². The number of rotatable bonds is 7. The van der Waals surface area contributed by atoms with Crippen LogP contribution in [0.5, 0.6) is 0 Å². The number of halogens is 1. The Balaban J connectivity index is 1.14.